The van der Waals surface area contributed by atoms with E-state index in [-0.39, 0.29) is 41.9 Å². The van der Waals surface area contributed by atoms with Crippen LogP contribution in [0.2, 0.25) is 0 Å². The molecule has 0 saturated carbocycles. The van der Waals surface area contributed by atoms with Crippen LogP contribution >= 0.6 is 24.0 Å². The molecule has 1 aromatic rings. The van der Waals surface area contributed by atoms with Crippen LogP contribution in [0.4, 0.5) is 13.2 Å². The summed E-state index contributed by atoms with van der Waals surface area (Å²) in [6.45, 7) is 2.59. The molecular formula is C19H29F3IN3O3. The number of hydrogen-bond acceptors (Lipinski definition) is 4. The van der Waals surface area contributed by atoms with E-state index in [9.17, 15) is 13.2 Å². The molecule has 0 spiro atoms. The van der Waals surface area contributed by atoms with Gasteiger partial charge < -0.3 is 24.8 Å². The van der Waals surface area contributed by atoms with Crippen molar-refractivity contribution in [3.63, 3.8) is 0 Å². The van der Waals surface area contributed by atoms with Crippen molar-refractivity contribution in [2.24, 2.45) is 4.99 Å². The number of benzene rings is 1. The Morgan fingerprint density at radius 2 is 1.93 bits per heavy atom. The van der Waals surface area contributed by atoms with Crippen LogP contribution in [0.5, 0.6) is 5.75 Å². The zero-order chi connectivity index (χ0) is 20.6. The lowest BCUT2D eigenvalue weighted by molar-refractivity contribution is -0.153. The number of rotatable bonds is 7. The first kappa shape index (κ1) is 25.8. The molecule has 6 nitrogen and oxygen atoms in total. The van der Waals surface area contributed by atoms with Crippen molar-refractivity contribution in [3.05, 3.63) is 29.3 Å². The highest BCUT2D eigenvalue weighted by molar-refractivity contribution is 14.0. The maximum Gasteiger partial charge on any atom is 0.422 e. The standard InChI is InChI=1S/C19H28F3N3O3.HI/c1-14-4-5-15(16(10-14)28-13-19(20,21)22)11-24-17(23-2)25-12-18(26-3)6-8-27-9-7-18;/h4-5,10H,6-9,11-13H2,1-3H3,(H2,23,24,25);1H. The molecule has 1 aliphatic heterocycles. The average Bonchev–Trinajstić information content (AvgIpc) is 2.67. The van der Waals surface area contributed by atoms with Crippen LogP contribution in [0.25, 0.3) is 0 Å². The summed E-state index contributed by atoms with van der Waals surface area (Å²) >= 11 is 0. The number of hydrogen-bond donors (Lipinski definition) is 2. The monoisotopic (exact) mass is 531 g/mol. The molecule has 0 radical (unpaired) electrons. The van der Waals surface area contributed by atoms with Crippen LogP contribution in [0.1, 0.15) is 24.0 Å². The fourth-order valence-corrected chi connectivity index (χ4v) is 2.94. The van der Waals surface area contributed by atoms with Crippen molar-refractivity contribution in [2.45, 2.75) is 38.1 Å². The Hall–Kier alpha value is -1.27. The van der Waals surface area contributed by atoms with Gasteiger partial charge in [0.1, 0.15) is 5.75 Å². The Morgan fingerprint density at radius 1 is 1.24 bits per heavy atom. The molecule has 10 heteroatoms. The Balaban J connectivity index is 0.00000420. The smallest absolute Gasteiger partial charge is 0.422 e. The normalized spacial score (nSPS) is 16.7. The summed E-state index contributed by atoms with van der Waals surface area (Å²) in [5.74, 6) is 0.739. The number of ether oxygens (including phenoxy) is 3. The topological polar surface area (TPSA) is 64.1 Å². The lowest BCUT2D eigenvalue weighted by atomic mass is 9.94. The van der Waals surface area contributed by atoms with Crippen molar-refractivity contribution in [1.82, 2.24) is 10.6 Å². The van der Waals surface area contributed by atoms with E-state index in [0.29, 0.717) is 31.3 Å². The minimum atomic E-state index is -4.38. The quantitative estimate of drug-likeness (QED) is 0.321. The van der Waals surface area contributed by atoms with E-state index in [4.69, 9.17) is 14.2 Å². The van der Waals surface area contributed by atoms with Gasteiger partial charge in [-0.1, -0.05) is 12.1 Å². The molecular weight excluding hydrogens is 502 g/mol. The third kappa shape index (κ3) is 8.55. The Bertz CT molecular complexity index is 666. The molecule has 29 heavy (non-hydrogen) atoms. The molecule has 1 heterocycles. The predicted molar refractivity (Wildman–Crippen MR) is 116 cm³/mol. The molecule has 2 N–H and O–H groups in total. The van der Waals surface area contributed by atoms with Gasteiger partial charge in [0.2, 0.25) is 0 Å². The molecule has 0 unspecified atom stereocenters. The van der Waals surface area contributed by atoms with Gasteiger partial charge in [-0.3, -0.25) is 4.99 Å². The molecule has 1 fully saturated rings. The molecule has 0 aromatic heterocycles. The average molecular weight is 531 g/mol. The molecule has 166 valence electrons. The summed E-state index contributed by atoms with van der Waals surface area (Å²) in [5, 5.41) is 6.34. The summed E-state index contributed by atoms with van der Waals surface area (Å²) in [6, 6.07) is 5.17. The van der Waals surface area contributed by atoms with E-state index in [2.05, 4.69) is 15.6 Å². The number of halogens is 4. The first-order valence-electron chi connectivity index (χ1n) is 9.13. The molecule has 1 aromatic carbocycles. The predicted octanol–water partition coefficient (Wildman–Crippen LogP) is 3.41. The zero-order valence-corrected chi connectivity index (χ0v) is 19.2. The van der Waals surface area contributed by atoms with Crippen molar-refractivity contribution in [1.29, 1.82) is 0 Å². The third-order valence-corrected chi connectivity index (χ3v) is 4.70. The second kappa shape index (κ2) is 11.8. The fraction of sp³-hybridized carbons (Fsp3) is 0.632. The highest BCUT2D eigenvalue weighted by Crippen LogP contribution is 2.25. The van der Waals surface area contributed by atoms with Gasteiger partial charge in [-0.25, -0.2) is 0 Å². The first-order chi connectivity index (χ1) is 13.3. The summed E-state index contributed by atoms with van der Waals surface area (Å²) in [5.41, 5.74) is 1.12. The number of nitrogens with one attached hydrogen (secondary N) is 2. The lowest BCUT2D eigenvalue weighted by Crippen LogP contribution is -2.50. The van der Waals surface area contributed by atoms with Gasteiger partial charge in [-0.05, 0) is 18.6 Å². The fourth-order valence-electron chi connectivity index (χ4n) is 2.94. The minimum absolute atomic E-state index is 0. The first-order valence-corrected chi connectivity index (χ1v) is 9.13. The second-order valence-corrected chi connectivity index (χ2v) is 6.79. The molecule has 1 saturated heterocycles. The number of nitrogens with zero attached hydrogens (tertiary/aromatic N) is 1. The van der Waals surface area contributed by atoms with Crippen LogP contribution < -0.4 is 15.4 Å². The summed E-state index contributed by atoms with van der Waals surface area (Å²) < 4.78 is 53.5. The summed E-state index contributed by atoms with van der Waals surface area (Å²) in [4.78, 5) is 4.17. The van der Waals surface area contributed by atoms with Crippen LogP contribution in [0.3, 0.4) is 0 Å². The largest absolute Gasteiger partial charge is 0.484 e. The molecule has 0 bridgehead atoms. The summed E-state index contributed by atoms with van der Waals surface area (Å²) in [7, 11) is 3.31. The molecule has 2 rings (SSSR count). The number of aliphatic imine (C=N–C) groups is 1. The van der Waals surface area contributed by atoms with E-state index in [0.717, 1.165) is 18.4 Å². The maximum absolute atomic E-state index is 12.5. The van der Waals surface area contributed by atoms with E-state index in [1.54, 1.807) is 33.2 Å². The number of aryl methyl sites for hydroxylation is 1. The molecule has 0 atom stereocenters. The second-order valence-electron chi connectivity index (χ2n) is 6.79. The third-order valence-electron chi connectivity index (χ3n) is 4.70. The van der Waals surface area contributed by atoms with E-state index >= 15 is 0 Å². The van der Waals surface area contributed by atoms with Crippen molar-refractivity contribution in [3.8, 4) is 5.75 Å². The zero-order valence-electron chi connectivity index (χ0n) is 16.9. The number of alkyl halides is 3. The van der Waals surface area contributed by atoms with Crippen molar-refractivity contribution < 1.29 is 27.4 Å². The van der Waals surface area contributed by atoms with Gasteiger partial charge in [0.25, 0.3) is 0 Å². The SMILES string of the molecule is CN=C(NCc1ccc(C)cc1OCC(F)(F)F)NCC1(OC)CCOCC1.I. The molecule has 0 amide bonds. The highest BCUT2D eigenvalue weighted by atomic mass is 127. The van der Waals surface area contributed by atoms with Gasteiger partial charge >= 0.3 is 6.18 Å². The molecule has 0 aliphatic carbocycles. The van der Waals surface area contributed by atoms with Gasteiger partial charge in [0, 0.05) is 58.9 Å². The maximum atomic E-state index is 12.5. The van der Waals surface area contributed by atoms with Crippen LogP contribution in [0.15, 0.2) is 23.2 Å². The Kier molecular flexibility index (Phi) is 10.5. The van der Waals surface area contributed by atoms with Gasteiger partial charge in [-0.15, -0.1) is 24.0 Å². The molecule has 1 aliphatic rings. The van der Waals surface area contributed by atoms with Crippen LogP contribution in [-0.2, 0) is 16.0 Å². The lowest BCUT2D eigenvalue weighted by Gasteiger charge is -2.36. The number of guanidine groups is 1. The van der Waals surface area contributed by atoms with E-state index in [1.165, 1.54) is 0 Å². The van der Waals surface area contributed by atoms with Gasteiger partial charge in [-0.2, -0.15) is 13.2 Å². The van der Waals surface area contributed by atoms with Crippen LogP contribution in [-0.4, -0.2) is 58.3 Å². The Labute approximate surface area is 186 Å². The summed E-state index contributed by atoms with van der Waals surface area (Å²) in [6.07, 6.45) is -2.83. The van der Waals surface area contributed by atoms with Gasteiger partial charge in [0.05, 0.1) is 5.60 Å². The minimum Gasteiger partial charge on any atom is -0.484 e. The van der Waals surface area contributed by atoms with E-state index in [1.807, 2.05) is 6.07 Å². The number of methoxy groups -OCH3 is 1. The van der Waals surface area contributed by atoms with Crippen molar-refractivity contribution >= 4 is 29.9 Å². The Morgan fingerprint density at radius 3 is 2.52 bits per heavy atom. The van der Waals surface area contributed by atoms with Gasteiger partial charge in [0.15, 0.2) is 12.6 Å². The van der Waals surface area contributed by atoms with Crippen molar-refractivity contribution in [2.75, 3.05) is 40.5 Å². The van der Waals surface area contributed by atoms with Crippen LogP contribution in [0, 0.1) is 6.92 Å². The highest BCUT2D eigenvalue weighted by Gasteiger charge is 2.32. The van der Waals surface area contributed by atoms with E-state index < -0.39 is 12.8 Å².